The normalized spacial score (nSPS) is 31.7. The lowest BCUT2D eigenvalue weighted by atomic mass is 9.62. The van der Waals surface area contributed by atoms with Gasteiger partial charge in [0.05, 0.1) is 0 Å². The number of carbonyl (C=O) groups excluding carboxylic acids is 1. The molecule has 0 aromatic heterocycles. The largest absolute Gasteiger partial charge is 0.300 e. The molecule has 0 unspecified atom stereocenters. The van der Waals surface area contributed by atoms with Crippen LogP contribution in [0.2, 0.25) is 0 Å². The second-order valence-corrected chi connectivity index (χ2v) is 6.96. The van der Waals surface area contributed by atoms with Gasteiger partial charge < -0.3 is 0 Å². The van der Waals surface area contributed by atoms with Crippen molar-refractivity contribution in [2.75, 3.05) is 0 Å². The van der Waals surface area contributed by atoms with Crippen LogP contribution in [0.25, 0.3) is 0 Å². The fraction of sp³-hybridized carbons (Fsp3) is 0.938. The maximum absolute atomic E-state index is 11.4. The zero-order valence-corrected chi connectivity index (χ0v) is 11.8. The molecule has 0 aromatic rings. The molecule has 0 aliphatic heterocycles. The molecule has 0 bridgehead atoms. The minimum atomic E-state index is 0.380. The Balaban J connectivity index is 1.92. The smallest absolute Gasteiger partial charge is 0.132 e. The highest BCUT2D eigenvalue weighted by molar-refractivity contribution is 5.78. The molecule has 2 aliphatic carbocycles. The van der Waals surface area contributed by atoms with Crippen molar-refractivity contribution in [2.45, 2.75) is 72.1 Å². The first-order chi connectivity index (χ1) is 8.01. The lowest BCUT2D eigenvalue weighted by molar-refractivity contribution is -0.122. The predicted octanol–water partition coefficient (Wildman–Crippen LogP) is 4.60. The van der Waals surface area contributed by atoms with Crippen molar-refractivity contribution in [1.29, 1.82) is 0 Å². The van der Waals surface area contributed by atoms with Crippen molar-refractivity contribution < 1.29 is 4.79 Å². The van der Waals surface area contributed by atoms with E-state index < -0.39 is 0 Å². The van der Waals surface area contributed by atoms with E-state index in [1.165, 1.54) is 38.5 Å². The second-order valence-electron chi connectivity index (χ2n) is 6.96. The Kier molecular flexibility index (Phi) is 3.95. The zero-order chi connectivity index (χ0) is 12.5. The molecule has 2 fully saturated rings. The van der Waals surface area contributed by atoms with Crippen LogP contribution in [0.3, 0.4) is 0 Å². The highest BCUT2D eigenvalue weighted by Crippen LogP contribution is 2.49. The van der Waals surface area contributed by atoms with E-state index in [0.717, 1.165) is 24.7 Å². The molecule has 17 heavy (non-hydrogen) atoms. The summed E-state index contributed by atoms with van der Waals surface area (Å²) in [7, 11) is 0. The van der Waals surface area contributed by atoms with Crippen LogP contribution in [0.15, 0.2) is 0 Å². The van der Waals surface area contributed by atoms with Crippen LogP contribution in [0, 0.1) is 23.2 Å². The number of carbonyl (C=O) groups is 1. The predicted molar refractivity (Wildman–Crippen MR) is 71.9 cm³/mol. The van der Waals surface area contributed by atoms with Crippen molar-refractivity contribution in [3.8, 4) is 0 Å². The van der Waals surface area contributed by atoms with E-state index in [2.05, 4.69) is 13.8 Å². The lowest BCUT2D eigenvalue weighted by Crippen LogP contribution is -2.35. The van der Waals surface area contributed by atoms with Crippen molar-refractivity contribution in [1.82, 2.24) is 0 Å². The minimum Gasteiger partial charge on any atom is -0.300 e. The Morgan fingerprint density at radius 2 is 1.35 bits per heavy atom. The first kappa shape index (κ1) is 13.1. The van der Waals surface area contributed by atoms with Gasteiger partial charge in [-0.3, -0.25) is 4.79 Å². The quantitative estimate of drug-likeness (QED) is 0.700. The van der Waals surface area contributed by atoms with E-state index in [9.17, 15) is 4.79 Å². The third-order valence-electron chi connectivity index (χ3n) is 5.76. The standard InChI is InChI=1S/C16H28O/c1-12(17)13-8-10-15(11-9-13)16(2,3)14-6-4-5-7-14/h13-15H,4-11H2,1-3H3. The van der Waals surface area contributed by atoms with Gasteiger partial charge in [0.1, 0.15) is 5.78 Å². The summed E-state index contributed by atoms with van der Waals surface area (Å²) >= 11 is 0. The van der Waals surface area contributed by atoms with Crippen molar-refractivity contribution in [3.63, 3.8) is 0 Å². The SMILES string of the molecule is CC(=O)C1CCC(C(C)(C)C2CCCC2)CC1. The van der Waals surface area contributed by atoms with Crippen LogP contribution < -0.4 is 0 Å². The Morgan fingerprint density at radius 1 is 0.882 bits per heavy atom. The Bertz CT molecular complexity index is 265. The number of hydrogen-bond donors (Lipinski definition) is 0. The molecule has 1 heteroatoms. The van der Waals surface area contributed by atoms with E-state index in [0.29, 0.717) is 17.1 Å². The molecule has 2 rings (SSSR count). The average Bonchev–Trinajstić information content (AvgIpc) is 2.83. The van der Waals surface area contributed by atoms with E-state index in [1.54, 1.807) is 6.92 Å². The summed E-state index contributed by atoms with van der Waals surface area (Å²) in [4.78, 5) is 11.4. The Hall–Kier alpha value is -0.330. The molecule has 0 radical (unpaired) electrons. The van der Waals surface area contributed by atoms with Crippen LogP contribution in [0.4, 0.5) is 0 Å². The lowest BCUT2D eigenvalue weighted by Gasteiger charge is -2.43. The summed E-state index contributed by atoms with van der Waals surface area (Å²) in [6.07, 6.45) is 10.6. The van der Waals surface area contributed by atoms with Crippen molar-refractivity contribution in [3.05, 3.63) is 0 Å². The van der Waals surface area contributed by atoms with Gasteiger partial charge in [-0.15, -0.1) is 0 Å². The highest BCUT2D eigenvalue weighted by atomic mass is 16.1. The fourth-order valence-corrected chi connectivity index (χ4v) is 4.25. The Morgan fingerprint density at radius 3 is 1.82 bits per heavy atom. The van der Waals surface area contributed by atoms with Crippen molar-refractivity contribution in [2.24, 2.45) is 23.2 Å². The van der Waals surface area contributed by atoms with Gasteiger partial charge in [-0.1, -0.05) is 26.7 Å². The van der Waals surface area contributed by atoms with E-state index in [4.69, 9.17) is 0 Å². The Labute approximate surface area is 106 Å². The molecule has 0 aromatic carbocycles. The summed E-state index contributed by atoms with van der Waals surface area (Å²) < 4.78 is 0. The summed E-state index contributed by atoms with van der Waals surface area (Å²) in [5.74, 6) is 2.61. The molecule has 2 saturated carbocycles. The zero-order valence-electron chi connectivity index (χ0n) is 11.8. The fourth-order valence-electron chi connectivity index (χ4n) is 4.25. The average molecular weight is 236 g/mol. The molecule has 98 valence electrons. The molecular weight excluding hydrogens is 208 g/mol. The van der Waals surface area contributed by atoms with E-state index in [1.807, 2.05) is 0 Å². The monoisotopic (exact) mass is 236 g/mol. The molecule has 0 amide bonds. The molecule has 0 heterocycles. The van der Waals surface area contributed by atoms with Gasteiger partial charge in [0, 0.05) is 5.92 Å². The third kappa shape index (κ3) is 2.74. The van der Waals surface area contributed by atoms with Crippen LogP contribution in [-0.4, -0.2) is 5.78 Å². The topological polar surface area (TPSA) is 17.1 Å². The summed E-state index contributed by atoms with van der Waals surface area (Å²) in [6.45, 7) is 6.75. The van der Waals surface area contributed by atoms with Crippen LogP contribution >= 0.6 is 0 Å². The second kappa shape index (κ2) is 5.12. The molecule has 1 nitrogen and oxygen atoms in total. The summed E-state index contributed by atoms with van der Waals surface area (Å²) in [5.41, 5.74) is 0.512. The minimum absolute atomic E-state index is 0.380. The molecule has 0 saturated heterocycles. The van der Waals surface area contributed by atoms with E-state index >= 15 is 0 Å². The van der Waals surface area contributed by atoms with Gasteiger partial charge in [0.25, 0.3) is 0 Å². The van der Waals surface area contributed by atoms with Crippen LogP contribution in [-0.2, 0) is 4.79 Å². The maximum Gasteiger partial charge on any atom is 0.132 e. The number of rotatable bonds is 3. The van der Waals surface area contributed by atoms with Crippen molar-refractivity contribution >= 4 is 5.78 Å². The van der Waals surface area contributed by atoms with Gasteiger partial charge in [0.15, 0.2) is 0 Å². The molecule has 0 atom stereocenters. The highest BCUT2D eigenvalue weighted by Gasteiger charge is 2.40. The molecule has 0 N–H and O–H groups in total. The molecule has 0 spiro atoms. The molecular formula is C16H28O. The molecule has 2 aliphatic rings. The van der Waals surface area contributed by atoms with Gasteiger partial charge in [-0.25, -0.2) is 0 Å². The first-order valence-corrected chi connectivity index (χ1v) is 7.52. The van der Waals surface area contributed by atoms with Crippen LogP contribution in [0.1, 0.15) is 72.1 Å². The van der Waals surface area contributed by atoms with Crippen LogP contribution in [0.5, 0.6) is 0 Å². The van der Waals surface area contributed by atoms with Gasteiger partial charge in [-0.05, 0) is 62.7 Å². The third-order valence-corrected chi connectivity index (χ3v) is 5.76. The maximum atomic E-state index is 11.4. The number of Topliss-reactive ketones (excluding diaryl/α,β-unsaturated/α-hetero) is 1. The van der Waals surface area contributed by atoms with Gasteiger partial charge >= 0.3 is 0 Å². The number of hydrogen-bond acceptors (Lipinski definition) is 1. The van der Waals surface area contributed by atoms with E-state index in [-0.39, 0.29) is 0 Å². The summed E-state index contributed by atoms with van der Waals surface area (Å²) in [6, 6.07) is 0. The summed E-state index contributed by atoms with van der Waals surface area (Å²) in [5, 5.41) is 0. The van der Waals surface area contributed by atoms with Gasteiger partial charge in [0.2, 0.25) is 0 Å². The van der Waals surface area contributed by atoms with Gasteiger partial charge in [-0.2, -0.15) is 0 Å². The number of ketones is 1. The first-order valence-electron chi connectivity index (χ1n) is 7.52.